The largest absolute Gasteiger partial charge is 0.416 e. The molecular weight excluding hydrogens is 427 g/mol. The van der Waals surface area contributed by atoms with Crippen molar-refractivity contribution in [2.24, 2.45) is 5.73 Å². The molecule has 170 valence electrons. The predicted molar refractivity (Wildman–Crippen MR) is 101 cm³/mol. The first kappa shape index (κ1) is 23.5. The first-order valence-corrected chi connectivity index (χ1v) is 9.73. The van der Waals surface area contributed by atoms with Crippen LogP contribution in [0.4, 0.5) is 30.7 Å². The maximum atomic E-state index is 13.3. The average molecular weight is 449 g/mol. The average Bonchev–Trinajstić information content (AvgIpc) is 2.96. The molecule has 2 aromatic carbocycles. The van der Waals surface area contributed by atoms with Gasteiger partial charge in [-0.05, 0) is 67.6 Å². The summed E-state index contributed by atoms with van der Waals surface area (Å²) < 4.78 is 97.5. The smallest absolute Gasteiger partial charge is 0.374 e. The summed E-state index contributed by atoms with van der Waals surface area (Å²) in [5.74, 6) is -0.677. The zero-order valence-electron chi connectivity index (χ0n) is 16.7. The lowest BCUT2D eigenvalue weighted by Crippen LogP contribution is -2.38. The van der Waals surface area contributed by atoms with Gasteiger partial charge in [0.1, 0.15) is 5.82 Å². The quantitative estimate of drug-likeness (QED) is 0.561. The number of halogens is 7. The summed E-state index contributed by atoms with van der Waals surface area (Å²) in [6, 6.07) is 7.08. The second-order valence-corrected chi connectivity index (χ2v) is 8.06. The van der Waals surface area contributed by atoms with Crippen LogP contribution in [0.25, 0.3) is 0 Å². The van der Waals surface area contributed by atoms with E-state index in [9.17, 15) is 30.7 Å². The number of hydrogen-bond donors (Lipinski definition) is 1. The summed E-state index contributed by atoms with van der Waals surface area (Å²) in [5, 5.41) is 0. The van der Waals surface area contributed by atoms with Crippen LogP contribution >= 0.6 is 0 Å². The number of nitrogens with two attached hydrogens (primary N) is 1. The molecule has 0 bridgehead atoms. The molecule has 9 heteroatoms. The molecule has 0 amide bonds. The molecule has 0 unspecified atom stereocenters. The summed E-state index contributed by atoms with van der Waals surface area (Å²) in [6.07, 6.45) is -8.73. The molecule has 1 fully saturated rings. The van der Waals surface area contributed by atoms with Crippen molar-refractivity contribution in [2.45, 2.75) is 56.1 Å². The highest BCUT2D eigenvalue weighted by molar-refractivity contribution is 5.34. The topological polar surface area (TPSA) is 35.2 Å². The normalized spacial score (nSPS) is 24.5. The first-order valence-electron chi connectivity index (χ1n) is 9.73. The van der Waals surface area contributed by atoms with Gasteiger partial charge in [0.05, 0.1) is 23.3 Å². The van der Waals surface area contributed by atoms with E-state index in [1.54, 1.807) is 19.1 Å². The SMILES string of the molecule is C[C@]1(OCCc2cc(C(F)(F)F)cc(C(F)(F)F)c2)CC[C@@H](N)[C@H]1c1ccc(F)cc1. The Hall–Kier alpha value is -2.13. The molecule has 1 aliphatic rings. The minimum atomic E-state index is -4.89. The van der Waals surface area contributed by atoms with E-state index in [0.29, 0.717) is 25.0 Å². The molecule has 2 aromatic rings. The number of alkyl halides is 6. The molecule has 0 radical (unpaired) electrons. The molecular formula is C22H22F7NO. The van der Waals surface area contributed by atoms with Crippen molar-refractivity contribution in [3.8, 4) is 0 Å². The van der Waals surface area contributed by atoms with E-state index in [1.165, 1.54) is 12.1 Å². The molecule has 1 aliphatic carbocycles. The van der Waals surface area contributed by atoms with Crippen LogP contribution in [0, 0.1) is 5.82 Å². The van der Waals surface area contributed by atoms with Gasteiger partial charge >= 0.3 is 12.4 Å². The molecule has 3 rings (SSSR count). The third-order valence-corrected chi connectivity index (χ3v) is 5.76. The molecule has 3 atom stereocenters. The van der Waals surface area contributed by atoms with Crippen LogP contribution in [0.5, 0.6) is 0 Å². The molecule has 0 aromatic heterocycles. The van der Waals surface area contributed by atoms with Gasteiger partial charge in [-0.15, -0.1) is 0 Å². The van der Waals surface area contributed by atoms with Crippen molar-refractivity contribution in [3.63, 3.8) is 0 Å². The molecule has 2 N–H and O–H groups in total. The van der Waals surface area contributed by atoms with Crippen LogP contribution in [0.1, 0.15) is 47.9 Å². The highest BCUT2D eigenvalue weighted by atomic mass is 19.4. The van der Waals surface area contributed by atoms with E-state index < -0.39 is 34.9 Å². The maximum absolute atomic E-state index is 13.3. The van der Waals surface area contributed by atoms with Crippen molar-refractivity contribution in [1.82, 2.24) is 0 Å². The van der Waals surface area contributed by atoms with Gasteiger partial charge in [0.15, 0.2) is 0 Å². The molecule has 1 saturated carbocycles. The second kappa shape index (κ2) is 8.43. The first-order chi connectivity index (χ1) is 14.3. The van der Waals surface area contributed by atoms with Gasteiger partial charge in [-0.2, -0.15) is 26.3 Å². The van der Waals surface area contributed by atoms with Crippen LogP contribution in [0.15, 0.2) is 42.5 Å². The van der Waals surface area contributed by atoms with Gasteiger partial charge in [-0.1, -0.05) is 12.1 Å². The van der Waals surface area contributed by atoms with Gasteiger partial charge in [0.25, 0.3) is 0 Å². The van der Waals surface area contributed by atoms with Crippen molar-refractivity contribution in [2.75, 3.05) is 6.61 Å². The van der Waals surface area contributed by atoms with Crippen LogP contribution in [-0.4, -0.2) is 18.2 Å². The van der Waals surface area contributed by atoms with Crippen LogP contribution in [0.3, 0.4) is 0 Å². The lowest BCUT2D eigenvalue weighted by atomic mass is 9.84. The second-order valence-electron chi connectivity index (χ2n) is 8.06. The van der Waals surface area contributed by atoms with Gasteiger partial charge in [0.2, 0.25) is 0 Å². The molecule has 0 heterocycles. The van der Waals surface area contributed by atoms with Crippen molar-refractivity contribution in [1.29, 1.82) is 0 Å². The van der Waals surface area contributed by atoms with Gasteiger partial charge in [0, 0.05) is 12.0 Å². The number of benzene rings is 2. The minimum absolute atomic E-state index is 0.0838. The Morgan fingerprint density at radius 1 is 0.968 bits per heavy atom. The Balaban J connectivity index is 1.77. The molecule has 0 spiro atoms. The fourth-order valence-corrected chi connectivity index (χ4v) is 4.23. The lowest BCUT2D eigenvalue weighted by Gasteiger charge is -2.34. The summed E-state index contributed by atoms with van der Waals surface area (Å²) in [7, 11) is 0. The zero-order chi connectivity index (χ0) is 23.0. The van der Waals surface area contributed by atoms with Gasteiger partial charge in [-0.25, -0.2) is 4.39 Å². The predicted octanol–water partition coefficient (Wildman–Crippen LogP) is 6.09. The minimum Gasteiger partial charge on any atom is -0.374 e. The van der Waals surface area contributed by atoms with Gasteiger partial charge in [-0.3, -0.25) is 0 Å². The van der Waals surface area contributed by atoms with Crippen LogP contribution in [0.2, 0.25) is 0 Å². The molecule has 0 saturated heterocycles. The monoisotopic (exact) mass is 449 g/mol. The Kier molecular flexibility index (Phi) is 6.40. The van der Waals surface area contributed by atoms with Crippen molar-refractivity contribution >= 4 is 0 Å². The van der Waals surface area contributed by atoms with Crippen molar-refractivity contribution < 1.29 is 35.5 Å². The summed E-state index contributed by atoms with van der Waals surface area (Å²) in [6.45, 7) is 1.72. The van der Waals surface area contributed by atoms with Crippen molar-refractivity contribution in [3.05, 3.63) is 70.5 Å². The fraction of sp³-hybridized carbons (Fsp3) is 0.455. The third kappa shape index (κ3) is 5.38. The Morgan fingerprint density at radius 2 is 1.52 bits per heavy atom. The van der Waals surface area contributed by atoms with E-state index in [0.717, 1.165) is 5.56 Å². The van der Waals surface area contributed by atoms with E-state index in [1.807, 2.05) is 0 Å². The number of rotatable bonds is 5. The Labute approximate surface area is 175 Å². The third-order valence-electron chi connectivity index (χ3n) is 5.76. The van der Waals surface area contributed by atoms with Crippen LogP contribution in [-0.2, 0) is 23.5 Å². The van der Waals surface area contributed by atoms with E-state index >= 15 is 0 Å². The lowest BCUT2D eigenvalue weighted by molar-refractivity contribution is -0.143. The Bertz CT molecular complexity index is 875. The maximum Gasteiger partial charge on any atom is 0.416 e. The Morgan fingerprint density at radius 3 is 2.03 bits per heavy atom. The number of ether oxygens (including phenoxy) is 1. The van der Waals surface area contributed by atoms with Gasteiger partial charge < -0.3 is 10.5 Å². The fourth-order valence-electron chi connectivity index (χ4n) is 4.23. The standard InChI is InChI=1S/C22H22F7NO/c1-20(8-6-18(30)19(20)14-2-4-17(23)5-3-14)31-9-7-13-10-15(21(24,25)26)12-16(11-13)22(27,28)29/h2-5,10-12,18-19H,6-9,30H2,1H3/t18-,19-,20+/m1/s1. The van der Waals surface area contributed by atoms with Crippen LogP contribution < -0.4 is 5.73 Å². The summed E-state index contributed by atoms with van der Waals surface area (Å²) in [5.41, 5.74) is 3.40. The number of hydrogen-bond acceptors (Lipinski definition) is 2. The molecule has 31 heavy (non-hydrogen) atoms. The highest BCUT2D eigenvalue weighted by Gasteiger charge is 2.45. The summed E-state index contributed by atoms with van der Waals surface area (Å²) >= 11 is 0. The highest BCUT2D eigenvalue weighted by Crippen LogP contribution is 2.44. The molecule has 2 nitrogen and oxygen atoms in total. The summed E-state index contributed by atoms with van der Waals surface area (Å²) in [4.78, 5) is 0. The van der Waals surface area contributed by atoms with E-state index in [2.05, 4.69) is 0 Å². The van der Waals surface area contributed by atoms with E-state index in [-0.39, 0.29) is 36.6 Å². The zero-order valence-corrected chi connectivity index (χ0v) is 16.7. The molecule has 0 aliphatic heterocycles. The van der Waals surface area contributed by atoms with E-state index in [4.69, 9.17) is 10.5 Å².